The van der Waals surface area contributed by atoms with Crippen LogP contribution in [0.2, 0.25) is 10.0 Å². The lowest BCUT2D eigenvalue weighted by molar-refractivity contribution is 0.0773. The van der Waals surface area contributed by atoms with Gasteiger partial charge in [0.15, 0.2) is 11.5 Å². The zero-order valence-electron chi connectivity index (χ0n) is 15.2. The fourth-order valence-corrected chi connectivity index (χ4v) is 4.26. The number of hydrogen-bond acceptors (Lipinski definition) is 3. The third-order valence-corrected chi connectivity index (χ3v) is 5.89. The Kier molecular flexibility index (Phi) is 4.40. The Morgan fingerprint density at radius 2 is 2.04 bits per heavy atom. The van der Waals surface area contributed by atoms with Crippen molar-refractivity contribution in [3.8, 4) is 0 Å². The van der Waals surface area contributed by atoms with E-state index in [1.807, 2.05) is 24.1 Å². The number of amides is 1. The maximum absolute atomic E-state index is 13.0. The van der Waals surface area contributed by atoms with Crippen LogP contribution < -0.4 is 4.90 Å². The molecule has 1 fully saturated rings. The molecular weight excluding hydrogens is 371 g/mol. The third-order valence-electron chi connectivity index (χ3n) is 5.35. The predicted octanol–water partition coefficient (Wildman–Crippen LogP) is 4.90. The lowest BCUT2D eigenvalue weighted by Crippen LogP contribution is -2.43. The number of hydrogen-bond donors (Lipinski definition) is 0. The van der Waals surface area contributed by atoms with Crippen LogP contribution in [-0.2, 0) is 6.42 Å². The van der Waals surface area contributed by atoms with Crippen molar-refractivity contribution in [3.63, 3.8) is 0 Å². The standard InChI is InChI=1S/C19H22Cl2N4O/c1-4-16-22-18-17(25(16)11(2)12-5-6-12)19(26)23(3)10-24(18)15-8-7-13(20)9-14(15)21/h7-9,11-12H,4-6,10H2,1-3H3. The monoisotopic (exact) mass is 392 g/mol. The van der Waals surface area contributed by atoms with Crippen LogP contribution in [-0.4, -0.2) is 34.1 Å². The van der Waals surface area contributed by atoms with Crippen LogP contribution in [0.5, 0.6) is 0 Å². The topological polar surface area (TPSA) is 41.4 Å². The number of imidazole rings is 1. The Morgan fingerprint density at radius 1 is 1.31 bits per heavy atom. The van der Waals surface area contributed by atoms with Crippen molar-refractivity contribution in [3.05, 3.63) is 39.8 Å². The van der Waals surface area contributed by atoms with E-state index in [9.17, 15) is 4.79 Å². The Balaban J connectivity index is 1.89. The number of carbonyl (C=O) groups is 1. The van der Waals surface area contributed by atoms with Gasteiger partial charge in [-0.05, 0) is 43.9 Å². The number of anilines is 2. The van der Waals surface area contributed by atoms with Gasteiger partial charge in [-0.3, -0.25) is 4.79 Å². The molecule has 0 bridgehead atoms. The van der Waals surface area contributed by atoms with Gasteiger partial charge in [0, 0.05) is 24.5 Å². The highest BCUT2D eigenvalue weighted by atomic mass is 35.5. The molecule has 1 unspecified atom stereocenters. The second kappa shape index (κ2) is 6.46. The Morgan fingerprint density at radius 3 is 2.65 bits per heavy atom. The van der Waals surface area contributed by atoms with Crippen molar-refractivity contribution >= 4 is 40.6 Å². The molecule has 0 spiro atoms. The molecule has 2 aliphatic rings. The number of nitrogens with zero attached hydrogens (tertiary/aromatic N) is 4. The average Bonchev–Trinajstić information content (AvgIpc) is 3.38. The smallest absolute Gasteiger partial charge is 0.275 e. The number of halogens is 2. The lowest BCUT2D eigenvalue weighted by atomic mass is 10.1. The van der Waals surface area contributed by atoms with E-state index in [0.717, 1.165) is 17.9 Å². The van der Waals surface area contributed by atoms with Gasteiger partial charge in [-0.15, -0.1) is 0 Å². The van der Waals surface area contributed by atoms with Crippen molar-refractivity contribution in [2.24, 2.45) is 5.92 Å². The first-order valence-electron chi connectivity index (χ1n) is 9.01. The molecule has 0 N–H and O–H groups in total. The second-order valence-corrected chi connectivity index (χ2v) is 8.01. The molecule has 0 radical (unpaired) electrons. The first-order valence-corrected chi connectivity index (χ1v) is 9.77. The second-order valence-electron chi connectivity index (χ2n) is 7.17. The highest BCUT2D eigenvalue weighted by molar-refractivity contribution is 6.36. The fraction of sp³-hybridized carbons (Fsp3) is 0.474. The number of rotatable bonds is 4. The van der Waals surface area contributed by atoms with Crippen LogP contribution in [0.15, 0.2) is 18.2 Å². The number of benzene rings is 1. The fourth-order valence-electron chi connectivity index (χ4n) is 3.74. The van der Waals surface area contributed by atoms with Gasteiger partial charge in [0.25, 0.3) is 5.91 Å². The molecule has 7 heteroatoms. The summed E-state index contributed by atoms with van der Waals surface area (Å²) in [5, 5.41) is 1.14. The lowest BCUT2D eigenvalue weighted by Gasteiger charge is -2.35. The average molecular weight is 393 g/mol. The minimum Gasteiger partial charge on any atom is -0.322 e. The summed E-state index contributed by atoms with van der Waals surface area (Å²) in [7, 11) is 1.81. The number of aryl methyl sites for hydroxylation is 1. The van der Waals surface area contributed by atoms with E-state index in [2.05, 4.69) is 18.4 Å². The van der Waals surface area contributed by atoms with Crippen LogP contribution in [0.25, 0.3) is 0 Å². The molecule has 26 heavy (non-hydrogen) atoms. The first-order chi connectivity index (χ1) is 12.4. The molecule has 2 aromatic rings. The van der Waals surface area contributed by atoms with E-state index in [-0.39, 0.29) is 11.9 Å². The molecule has 5 nitrogen and oxygen atoms in total. The van der Waals surface area contributed by atoms with Crippen LogP contribution >= 0.6 is 23.2 Å². The van der Waals surface area contributed by atoms with Gasteiger partial charge in [-0.2, -0.15) is 0 Å². The Hall–Kier alpha value is -1.72. The summed E-state index contributed by atoms with van der Waals surface area (Å²) in [6.45, 7) is 4.68. The van der Waals surface area contributed by atoms with Crippen molar-refractivity contribution in [1.82, 2.24) is 14.5 Å². The van der Waals surface area contributed by atoms with Crippen LogP contribution in [0, 0.1) is 5.92 Å². The molecular formula is C19H22Cl2N4O. The summed E-state index contributed by atoms with van der Waals surface area (Å²) >= 11 is 12.5. The summed E-state index contributed by atoms with van der Waals surface area (Å²) < 4.78 is 2.15. The van der Waals surface area contributed by atoms with Gasteiger partial charge < -0.3 is 14.4 Å². The zero-order valence-corrected chi connectivity index (χ0v) is 16.7. The van der Waals surface area contributed by atoms with Gasteiger partial charge >= 0.3 is 0 Å². The number of fused-ring (bicyclic) bond motifs is 1. The maximum Gasteiger partial charge on any atom is 0.275 e. The molecule has 1 aliphatic carbocycles. The van der Waals surface area contributed by atoms with Crippen LogP contribution in [0.1, 0.15) is 49.0 Å². The Labute approximate surface area is 163 Å². The van der Waals surface area contributed by atoms with Gasteiger partial charge in [-0.25, -0.2) is 4.98 Å². The molecule has 1 aromatic heterocycles. The van der Waals surface area contributed by atoms with Crippen molar-refractivity contribution in [2.75, 3.05) is 18.6 Å². The van der Waals surface area contributed by atoms with E-state index in [1.54, 1.807) is 11.0 Å². The first kappa shape index (κ1) is 17.7. The van der Waals surface area contributed by atoms with Gasteiger partial charge in [0.1, 0.15) is 5.82 Å². The zero-order chi connectivity index (χ0) is 18.6. The van der Waals surface area contributed by atoms with Crippen molar-refractivity contribution in [1.29, 1.82) is 0 Å². The quantitative estimate of drug-likeness (QED) is 0.742. The molecule has 1 aromatic carbocycles. The highest BCUT2D eigenvalue weighted by Crippen LogP contribution is 2.44. The Bertz CT molecular complexity index is 875. The van der Waals surface area contributed by atoms with Crippen molar-refractivity contribution in [2.45, 2.75) is 39.2 Å². The minimum atomic E-state index is 0.0148. The largest absolute Gasteiger partial charge is 0.322 e. The van der Waals surface area contributed by atoms with Gasteiger partial charge in [0.2, 0.25) is 0 Å². The molecule has 4 rings (SSSR count). The van der Waals surface area contributed by atoms with Crippen LogP contribution in [0.3, 0.4) is 0 Å². The maximum atomic E-state index is 13.0. The normalized spacial score (nSPS) is 18.3. The summed E-state index contributed by atoms with van der Waals surface area (Å²) in [6.07, 6.45) is 3.21. The SMILES string of the molecule is CCc1nc2c(n1C(C)C1CC1)C(=O)N(C)CN2c1ccc(Cl)cc1Cl. The van der Waals surface area contributed by atoms with E-state index in [0.29, 0.717) is 34.1 Å². The number of carbonyl (C=O) groups excluding carboxylic acids is 1. The molecule has 1 amide bonds. The molecule has 138 valence electrons. The van der Waals surface area contributed by atoms with Crippen molar-refractivity contribution < 1.29 is 4.79 Å². The van der Waals surface area contributed by atoms with E-state index in [4.69, 9.17) is 28.2 Å². The van der Waals surface area contributed by atoms with E-state index < -0.39 is 0 Å². The minimum absolute atomic E-state index is 0.0148. The molecule has 1 atom stereocenters. The van der Waals surface area contributed by atoms with Gasteiger partial charge in [0.05, 0.1) is 17.4 Å². The molecule has 1 saturated carbocycles. The highest BCUT2D eigenvalue weighted by Gasteiger charge is 2.39. The number of aromatic nitrogens is 2. The molecule has 2 heterocycles. The molecule has 0 saturated heterocycles. The summed E-state index contributed by atoms with van der Waals surface area (Å²) in [5.74, 6) is 2.29. The summed E-state index contributed by atoms with van der Waals surface area (Å²) in [6, 6.07) is 5.69. The molecule has 1 aliphatic heterocycles. The van der Waals surface area contributed by atoms with Gasteiger partial charge in [-0.1, -0.05) is 30.1 Å². The summed E-state index contributed by atoms with van der Waals surface area (Å²) in [4.78, 5) is 21.6. The predicted molar refractivity (Wildman–Crippen MR) is 105 cm³/mol. The van der Waals surface area contributed by atoms with E-state index >= 15 is 0 Å². The van der Waals surface area contributed by atoms with Crippen LogP contribution in [0.4, 0.5) is 11.5 Å². The summed E-state index contributed by atoms with van der Waals surface area (Å²) in [5.41, 5.74) is 1.48. The third kappa shape index (κ3) is 2.78. The van der Waals surface area contributed by atoms with E-state index in [1.165, 1.54) is 12.8 Å².